The zero-order valence-electron chi connectivity index (χ0n) is 16.4. The Morgan fingerprint density at radius 1 is 0.906 bits per heavy atom. The van der Waals surface area contributed by atoms with Crippen LogP contribution in [0.15, 0.2) is 72.3 Å². The van der Waals surface area contributed by atoms with Crippen LogP contribution >= 0.6 is 23.2 Å². The van der Waals surface area contributed by atoms with Gasteiger partial charge in [-0.05, 0) is 53.1 Å². The van der Waals surface area contributed by atoms with Gasteiger partial charge in [-0.3, -0.25) is 14.9 Å². The fourth-order valence-electron chi connectivity index (χ4n) is 3.32. The first-order valence-corrected chi connectivity index (χ1v) is 10.3. The highest BCUT2D eigenvalue weighted by molar-refractivity contribution is 6.39. The van der Waals surface area contributed by atoms with Crippen molar-refractivity contribution in [3.63, 3.8) is 0 Å². The van der Waals surface area contributed by atoms with Crippen LogP contribution in [0.3, 0.4) is 0 Å². The van der Waals surface area contributed by atoms with E-state index in [1.165, 1.54) is 24.3 Å². The molecule has 0 spiro atoms. The normalized spacial score (nSPS) is 15.3. The molecular weight excluding hydrogens is 454 g/mol. The Hall–Kier alpha value is -3.48. The van der Waals surface area contributed by atoms with Gasteiger partial charge in [-0.25, -0.2) is 14.1 Å². The molecule has 3 aromatic carbocycles. The molecule has 0 atom stereocenters. The summed E-state index contributed by atoms with van der Waals surface area (Å²) in [5, 5.41) is 2.85. The second kappa shape index (κ2) is 8.94. The molecule has 32 heavy (non-hydrogen) atoms. The van der Waals surface area contributed by atoms with E-state index in [9.17, 15) is 18.8 Å². The number of anilines is 1. The SMILES string of the molecule is O=C1NC(=O)N(c2cccc(Cl)c2)C(=O)/C1=C/c1ccc(Cc2ccccc2F)c(Cl)c1. The van der Waals surface area contributed by atoms with Crippen molar-refractivity contribution in [1.29, 1.82) is 0 Å². The standard InChI is InChI=1S/C24H15Cl2FN2O3/c25-17-5-3-6-18(13-17)29-23(31)19(22(30)28-24(29)32)10-14-8-9-15(20(26)11-14)12-16-4-1-2-7-21(16)27/h1-11,13H,12H2,(H,28,30,32)/b19-10+. The third-order valence-corrected chi connectivity index (χ3v) is 5.48. The van der Waals surface area contributed by atoms with Gasteiger partial charge in [-0.2, -0.15) is 0 Å². The molecule has 1 saturated heterocycles. The molecule has 8 heteroatoms. The maximum Gasteiger partial charge on any atom is 0.335 e. The first-order valence-electron chi connectivity index (χ1n) is 9.52. The van der Waals surface area contributed by atoms with Crippen LogP contribution in [-0.4, -0.2) is 17.8 Å². The number of barbiturate groups is 1. The number of halogens is 3. The van der Waals surface area contributed by atoms with Gasteiger partial charge in [0.15, 0.2) is 0 Å². The Bertz CT molecular complexity index is 1290. The van der Waals surface area contributed by atoms with E-state index in [-0.39, 0.29) is 17.1 Å². The number of hydrogen-bond donors (Lipinski definition) is 1. The van der Waals surface area contributed by atoms with E-state index in [2.05, 4.69) is 5.32 Å². The van der Waals surface area contributed by atoms with Gasteiger partial charge in [0.1, 0.15) is 11.4 Å². The highest BCUT2D eigenvalue weighted by Crippen LogP contribution is 2.26. The third kappa shape index (κ3) is 4.42. The van der Waals surface area contributed by atoms with Crippen molar-refractivity contribution >= 4 is 52.8 Å². The van der Waals surface area contributed by atoms with Crippen LogP contribution in [0.4, 0.5) is 14.9 Å². The minimum Gasteiger partial charge on any atom is -0.273 e. The van der Waals surface area contributed by atoms with Crippen LogP contribution in [0.25, 0.3) is 6.08 Å². The molecule has 1 N–H and O–H groups in total. The predicted molar refractivity (Wildman–Crippen MR) is 121 cm³/mol. The molecule has 1 fully saturated rings. The van der Waals surface area contributed by atoms with Gasteiger partial charge in [-0.1, -0.05) is 59.6 Å². The summed E-state index contributed by atoms with van der Waals surface area (Å²) >= 11 is 12.3. The molecule has 1 aliphatic rings. The summed E-state index contributed by atoms with van der Waals surface area (Å²) in [5.41, 5.74) is 1.66. The second-order valence-electron chi connectivity index (χ2n) is 7.06. The van der Waals surface area contributed by atoms with Crippen LogP contribution in [0.1, 0.15) is 16.7 Å². The molecule has 4 rings (SSSR count). The summed E-state index contributed by atoms with van der Waals surface area (Å²) in [5.74, 6) is -1.93. The van der Waals surface area contributed by atoms with Crippen molar-refractivity contribution in [2.75, 3.05) is 4.90 Å². The number of nitrogens with one attached hydrogen (secondary N) is 1. The van der Waals surface area contributed by atoms with Gasteiger partial charge in [0.05, 0.1) is 5.69 Å². The van der Waals surface area contributed by atoms with E-state index < -0.39 is 17.8 Å². The molecule has 160 valence electrons. The molecule has 0 aromatic heterocycles. The number of urea groups is 1. The fraction of sp³-hybridized carbons (Fsp3) is 0.0417. The van der Waals surface area contributed by atoms with Crippen molar-refractivity contribution in [2.45, 2.75) is 6.42 Å². The van der Waals surface area contributed by atoms with Crippen LogP contribution in [0.2, 0.25) is 10.0 Å². The quantitative estimate of drug-likeness (QED) is 0.412. The van der Waals surface area contributed by atoms with Gasteiger partial charge in [0.2, 0.25) is 0 Å². The molecule has 0 aliphatic carbocycles. The summed E-state index contributed by atoms with van der Waals surface area (Å²) in [6, 6.07) is 16.6. The minimum absolute atomic E-state index is 0.233. The number of hydrogen-bond acceptors (Lipinski definition) is 3. The van der Waals surface area contributed by atoms with E-state index in [1.54, 1.807) is 48.5 Å². The number of carbonyl (C=O) groups is 3. The van der Waals surface area contributed by atoms with Crippen LogP contribution in [0.5, 0.6) is 0 Å². The lowest BCUT2D eigenvalue weighted by Gasteiger charge is -2.26. The van der Waals surface area contributed by atoms with Crippen LogP contribution in [-0.2, 0) is 16.0 Å². The van der Waals surface area contributed by atoms with Gasteiger partial charge < -0.3 is 0 Å². The molecule has 0 unspecified atom stereocenters. The predicted octanol–water partition coefficient (Wildman–Crippen LogP) is 5.39. The third-order valence-electron chi connectivity index (χ3n) is 4.89. The fourth-order valence-corrected chi connectivity index (χ4v) is 3.76. The molecule has 5 nitrogen and oxygen atoms in total. The Balaban J connectivity index is 1.64. The number of carbonyl (C=O) groups excluding carboxylic acids is 3. The smallest absolute Gasteiger partial charge is 0.273 e. The number of nitrogens with zero attached hydrogens (tertiary/aromatic N) is 1. The Morgan fingerprint density at radius 3 is 2.41 bits per heavy atom. The highest BCUT2D eigenvalue weighted by Gasteiger charge is 2.36. The Kier molecular flexibility index (Phi) is 6.08. The van der Waals surface area contributed by atoms with Gasteiger partial charge in [0.25, 0.3) is 11.8 Å². The van der Waals surface area contributed by atoms with E-state index in [0.29, 0.717) is 33.2 Å². The molecule has 0 bridgehead atoms. The van der Waals surface area contributed by atoms with Gasteiger partial charge >= 0.3 is 6.03 Å². The molecule has 0 saturated carbocycles. The Labute approximate surface area is 193 Å². The van der Waals surface area contributed by atoms with E-state index >= 15 is 0 Å². The summed E-state index contributed by atoms with van der Waals surface area (Å²) in [4.78, 5) is 38.4. The maximum atomic E-state index is 13.9. The largest absolute Gasteiger partial charge is 0.335 e. The lowest BCUT2D eigenvalue weighted by atomic mass is 10.0. The minimum atomic E-state index is -0.863. The molecule has 4 amide bonds. The molecular formula is C24H15Cl2FN2O3. The topological polar surface area (TPSA) is 66.5 Å². The summed E-state index contributed by atoms with van der Waals surface area (Å²) in [6.45, 7) is 0. The molecule has 1 aliphatic heterocycles. The molecule has 3 aromatic rings. The number of rotatable bonds is 4. The second-order valence-corrected chi connectivity index (χ2v) is 7.90. The number of benzene rings is 3. The summed E-state index contributed by atoms with van der Waals surface area (Å²) in [6.07, 6.45) is 1.64. The average molecular weight is 469 g/mol. The van der Waals surface area contributed by atoms with Gasteiger partial charge in [-0.15, -0.1) is 0 Å². The van der Waals surface area contributed by atoms with Gasteiger partial charge in [0, 0.05) is 16.5 Å². The number of imide groups is 2. The summed E-state index contributed by atoms with van der Waals surface area (Å²) in [7, 11) is 0. The average Bonchev–Trinajstić information content (AvgIpc) is 2.74. The van der Waals surface area contributed by atoms with E-state index in [4.69, 9.17) is 23.2 Å². The number of amides is 4. The highest BCUT2D eigenvalue weighted by atomic mass is 35.5. The van der Waals surface area contributed by atoms with Crippen molar-refractivity contribution in [1.82, 2.24) is 5.32 Å². The lowest BCUT2D eigenvalue weighted by Crippen LogP contribution is -2.54. The molecule has 1 heterocycles. The van der Waals surface area contributed by atoms with E-state index in [0.717, 1.165) is 4.90 Å². The van der Waals surface area contributed by atoms with Crippen molar-refractivity contribution in [2.24, 2.45) is 0 Å². The van der Waals surface area contributed by atoms with Crippen molar-refractivity contribution in [3.05, 3.63) is 105 Å². The van der Waals surface area contributed by atoms with E-state index in [1.807, 2.05) is 0 Å². The van der Waals surface area contributed by atoms with Crippen LogP contribution in [0, 0.1) is 5.82 Å². The first-order chi connectivity index (χ1) is 15.3. The molecule has 0 radical (unpaired) electrons. The zero-order valence-corrected chi connectivity index (χ0v) is 18.0. The Morgan fingerprint density at radius 2 is 1.69 bits per heavy atom. The monoisotopic (exact) mass is 468 g/mol. The van der Waals surface area contributed by atoms with Crippen molar-refractivity contribution < 1.29 is 18.8 Å². The maximum absolute atomic E-state index is 13.9. The first kappa shape index (κ1) is 21.7. The summed E-state index contributed by atoms with van der Waals surface area (Å²) < 4.78 is 13.9. The zero-order chi connectivity index (χ0) is 22.8. The van der Waals surface area contributed by atoms with Crippen molar-refractivity contribution in [3.8, 4) is 0 Å². The lowest BCUT2D eigenvalue weighted by molar-refractivity contribution is -0.122. The van der Waals surface area contributed by atoms with Crippen LogP contribution < -0.4 is 10.2 Å².